The van der Waals surface area contributed by atoms with Crippen molar-refractivity contribution in [2.75, 3.05) is 13.2 Å². The van der Waals surface area contributed by atoms with Crippen LogP contribution in [0.2, 0.25) is 10.0 Å². The number of carbonyl (C=O) groups is 1. The summed E-state index contributed by atoms with van der Waals surface area (Å²) in [6.45, 7) is 10.6. The number of benzene rings is 2. The Bertz CT molecular complexity index is 1240. The molecule has 2 saturated heterocycles. The number of hydrogen-bond acceptors (Lipinski definition) is 5. The second-order valence-corrected chi connectivity index (χ2v) is 13.0. The van der Waals surface area contributed by atoms with Gasteiger partial charge in [0.05, 0.1) is 29.3 Å². The number of carbonyl (C=O) groups excluding carboxylic acids is 1. The Morgan fingerprint density at radius 3 is 2.58 bits per heavy atom. The average molecular weight is 599 g/mol. The summed E-state index contributed by atoms with van der Waals surface area (Å²) in [5.74, 6) is -3.33. The second kappa shape index (κ2) is 11.8. The highest BCUT2D eigenvalue weighted by Crippen LogP contribution is 2.50. The maximum atomic E-state index is 15.7. The molecule has 0 aromatic heterocycles. The smallest absolute Gasteiger partial charge is 0.237 e. The standard InChI is InChI=1S/C30H39Cl2F2N3O3/c1-6-28(2,3)15-23-30(35,20-11-10-17(31)14-22(20)33)24(19-8-7-9-21(32)25(19)34)26(37-23)27(38)36-13-12-18-16-39-29(4,5)40-18/h7-11,14,18,23-24,26,37H,6,12-13,15-16,35H2,1-5H3,(H,36,38)/t18-,23-,24-,26+,30+/m0/s1. The predicted molar refractivity (Wildman–Crippen MR) is 153 cm³/mol. The molecule has 2 aromatic carbocycles. The first-order chi connectivity index (χ1) is 18.7. The van der Waals surface area contributed by atoms with E-state index in [1.54, 1.807) is 18.2 Å². The van der Waals surface area contributed by atoms with Crippen LogP contribution in [-0.4, -0.2) is 43.0 Å². The first-order valence-electron chi connectivity index (χ1n) is 13.7. The van der Waals surface area contributed by atoms with Crippen LogP contribution in [0, 0.1) is 17.0 Å². The Morgan fingerprint density at radius 1 is 1.23 bits per heavy atom. The zero-order chi connectivity index (χ0) is 29.5. The van der Waals surface area contributed by atoms with Crippen molar-refractivity contribution in [3.05, 3.63) is 69.2 Å². The van der Waals surface area contributed by atoms with Gasteiger partial charge in [-0.25, -0.2) is 8.78 Å². The first kappa shape index (κ1) is 31.1. The number of hydrogen-bond donors (Lipinski definition) is 3. The average Bonchev–Trinajstić information content (AvgIpc) is 3.36. The predicted octanol–water partition coefficient (Wildman–Crippen LogP) is 6.03. The minimum atomic E-state index is -1.51. The summed E-state index contributed by atoms with van der Waals surface area (Å²) in [6.07, 6.45) is 1.69. The molecule has 220 valence electrons. The molecule has 0 bridgehead atoms. The van der Waals surface area contributed by atoms with Gasteiger partial charge in [-0.2, -0.15) is 0 Å². The Labute approximate surface area is 245 Å². The fraction of sp³-hybridized carbons (Fsp3) is 0.567. The zero-order valence-electron chi connectivity index (χ0n) is 23.6. The van der Waals surface area contributed by atoms with E-state index < -0.39 is 41.0 Å². The number of halogens is 4. The fourth-order valence-electron chi connectivity index (χ4n) is 5.86. The zero-order valence-corrected chi connectivity index (χ0v) is 25.1. The van der Waals surface area contributed by atoms with E-state index in [9.17, 15) is 4.79 Å². The number of nitrogens with one attached hydrogen (secondary N) is 2. The summed E-state index contributed by atoms with van der Waals surface area (Å²) in [5.41, 5.74) is 5.82. The van der Waals surface area contributed by atoms with E-state index in [1.807, 2.05) is 13.8 Å². The number of rotatable bonds is 9. The summed E-state index contributed by atoms with van der Waals surface area (Å²) in [4.78, 5) is 13.8. The van der Waals surface area contributed by atoms with Gasteiger partial charge in [-0.3, -0.25) is 4.79 Å². The fourth-order valence-corrected chi connectivity index (χ4v) is 6.20. The van der Waals surface area contributed by atoms with Gasteiger partial charge in [-0.05, 0) is 55.9 Å². The molecule has 6 nitrogen and oxygen atoms in total. The normalized spacial score (nSPS) is 28.1. The molecule has 4 N–H and O–H groups in total. The molecule has 0 unspecified atom stereocenters. The molecular formula is C30H39Cl2F2N3O3. The van der Waals surface area contributed by atoms with Gasteiger partial charge in [-0.1, -0.05) is 68.6 Å². The van der Waals surface area contributed by atoms with Crippen molar-refractivity contribution in [3.8, 4) is 0 Å². The lowest BCUT2D eigenvalue weighted by Gasteiger charge is -2.40. The van der Waals surface area contributed by atoms with E-state index in [0.29, 0.717) is 26.0 Å². The van der Waals surface area contributed by atoms with E-state index in [4.69, 9.17) is 38.4 Å². The second-order valence-electron chi connectivity index (χ2n) is 12.1. The minimum absolute atomic E-state index is 0.103. The van der Waals surface area contributed by atoms with Crippen molar-refractivity contribution in [1.29, 1.82) is 0 Å². The quantitative estimate of drug-likeness (QED) is 0.328. The van der Waals surface area contributed by atoms with Gasteiger partial charge in [-0.15, -0.1) is 0 Å². The highest BCUT2D eigenvalue weighted by Gasteiger charge is 2.58. The first-order valence-corrected chi connectivity index (χ1v) is 14.5. The van der Waals surface area contributed by atoms with Crippen LogP contribution in [0.5, 0.6) is 0 Å². The lowest BCUT2D eigenvalue weighted by atomic mass is 9.67. The molecule has 0 aliphatic carbocycles. The number of amides is 1. The molecule has 4 rings (SSSR count). The molecule has 2 heterocycles. The van der Waals surface area contributed by atoms with Crippen LogP contribution >= 0.6 is 23.2 Å². The molecule has 5 atom stereocenters. The Hall–Kier alpha value is -1.81. The minimum Gasteiger partial charge on any atom is -0.355 e. The van der Waals surface area contributed by atoms with Gasteiger partial charge in [0, 0.05) is 29.1 Å². The molecule has 40 heavy (non-hydrogen) atoms. The van der Waals surface area contributed by atoms with Crippen LogP contribution in [0.4, 0.5) is 8.78 Å². The third-order valence-corrected chi connectivity index (χ3v) is 8.88. The Kier molecular flexibility index (Phi) is 9.20. The van der Waals surface area contributed by atoms with E-state index in [1.165, 1.54) is 18.2 Å². The SMILES string of the molecule is CCC(C)(C)C[C@@H]1N[C@@H](C(=O)NCC[C@H]2COC(C)(C)O2)[C@H](c2cccc(Cl)c2F)[C@@]1(N)c1ccc(Cl)cc1F. The van der Waals surface area contributed by atoms with E-state index in [0.717, 1.165) is 6.42 Å². The molecule has 0 saturated carbocycles. The Balaban J connectivity index is 1.75. The largest absolute Gasteiger partial charge is 0.355 e. The number of ether oxygens (including phenoxy) is 2. The maximum Gasteiger partial charge on any atom is 0.237 e. The van der Waals surface area contributed by atoms with E-state index in [2.05, 4.69) is 31.4 Å². The molecule has 1 amide bonds. The van der Waals surface area contributed by atoms with Crippen LogP contribution in [0.3, 0.4) is 0 Å². The van der Waals surface area contributed by atoms with Gasteiger partial charge >= 0.3 is 0 Å². The van der Waals surface area contributed by atoms with Crippen molar-refractivity contribution < 1.29 is 23.0 Å². The molecule has 2 aliphatic heterocycles. The molecular weight excluding hydrogens is 559 g/mol. The number of nitrogens with two attached hydrogens (primary N) is 1. The molecule has 2 aromatic rings. The van der Waals surface area contributed by atoms with Crippen LogP contribution in [-0.2, 0) is 19.8 Å². The monoisotopic (exact) mass is 597 g/mol. The van der Waals surface area contributed by atoms with Crippen molar-refractivity contribution >= 4 is 29.1 Å². The van der Waals surface area contributed by atoms with Gasteiger partial charge in [0.2, 0.25) is 5.91 Å². The van der Waals surface area contributed by atoms with Gasteiger partial charge < -0.3 is 25.8 Å². The van der Waals surface area contributed by atoms with Gasteiger partial charge in [0.15, 0.2) is 5.79 Å². The summed E-state index contributed by atoms with van der Waals surface area (Å²) < 4.78 is 42.8. The lowest BCUT2D eigenvalue weighted by molar-refractivity contribution is -0.138. The van der Waals surface area contributed by atoms with Gasteiger partial charge in [0.1, 0.15) is 11.6 Å². The summed E-state index contributed by atoms with van der Waals surface area (Å²) in [7, 11) is 0. The van der Waals surface area contributed by atoms with E-state index in [-0.39, 0.29) is 38.6 Å². The summed E-state index contributed by atoms with van der Waals surface area (Å²) >= 11 is 12.3. The lowest BCUT2D eigenvalue weighted by Crippen LogP contribution is -2.52. The van der Waals surface area contributed by atoms with E-state index >= 15 is 8.78 Å². The molecule has 0 radical (unpaired) electrons. The van der Waals surface area contributed by atoms with Crippen molar-refractivity contribution in [3.63, 3.8) is 0 Å². The van der Waals surface area contributed by atoms with Crippen LogP contribution in [0.15, 0.2) is 36.4 Å². The highest BCUT2D eigenvalue weighted by atomic mass is 35.5. The van der Waals surface area contributed by atoms with Crippen molar-refractivity contribution in [2.45, 2.75) is 89.3 Å². The molecule has 2 aliphatic rings. The molecule has 0 spiro atoms. The molecule has 10 heteroatoms. The van der Waals surface area contributed by atoms with Crippen LogP contribution in [0.25, 0.3) is 0 Å². The highest BCUT2D eigenvalue weighted by molar-refractivity contribution is 6.31. The van der Waals surface area contributed by atoms with Crippen LogP contribution in [0.1, 0.15) is 70.9 Å². The van der Waals surface area contributed by atoms with Crippen molar-refractivity contribution in [1.82, 2.24) is 10.6 Å². The van der Waals surface area contributed by atoms with Crippen molar-refractivity contribution in [2.24, 2.45) is 11.1 Å². The van der Waals surface area contributed by atoms with Gasteiger partial charge in [0.25, 0.3) is 0 Å². The maximum absolute atomic E-state index is 15.7. The third kappa shape index (κ3) is 6.32. The summed E-state index contributed by atoms with van der Waals surface area (Å²) in [6, 6.07) is 7.33. The van der Waals surface area contributed by atoms with Crippen LogP contribution < -0.4 is 16.4 Å². The third-order valence-electron chi connectivity index (χ3n) is 8.35. The molecule has 2 fully saturated rings. The topological polar surface area (TPSA) is 85.6 Å². The Morgan fingerprint density at radius 2 is 1.95 bits per heavy atom. The summed E-state index contributed by atoms with van der Waals surface area (Å²) in [5, 5.41) is 6.46.